The first-order valence-electron chi connectivity index (χ1n) is 7.03. The number of hydrogen-bond acceptors (Lipinski definition) is 1. The van der Waals surface area contributed by atoms with Crippen LogP contribution in [0.2, 0.25) is 0 Å². The molecule has 0 radical (unpaired) electrons. The zero-order valence-corrected chi connectivity index (χ0v) is 11.1. The first-order valence-corrected chi connectivity index (χ1v) is 7.03. The molecule has 94 valence electrons. The molecule has 0 amide bonds. The van der Waals surface area contributed by atoms with Crippen LogP contribution in [-0.2, 0) is 6.42 Å². The van der Waals surface area contributed by atoms with Crippen molar-refractivity contribution in [3.63, 3.8) is 0 Å². The third kappa shape index (κ3) is 3.76. The fourth-order valence-corrected chi connectivity index (χ4v) is 2.56. The molecule has 2 rings (SSSR count). The molecule has 0 aliphatic heterocycles. The largest absolute Gasteiger partial charge is 0.490 e. The zero-order valence-electron chi connectivity index (χ0n) is 11.1. The minimum atomic E-state index is 0.447. The molecule has 17 heavy (non-hydrogen) atoms. The molecule has 0 heterocycles. The Kier molecular flexibility index (Phi) is 4.47. The number of ether oxygens (including phenoxy) is 1. The Morgan fingerprint density at radius 3 is 2.29 bits per heavy atom. The molecule has 1 heteroatoms. The average molecular weight is 232 g/mol. The molecule has 1 aromatic carbocycles. The highest BCUT2D eigenvalue weighted by molar-refractivity contribution is 5.27. The summed E-state index contributed by atoms with van der Waals surface area (Å²) in [5.41, 5.74) is 1.41. The lowest BCUT2D eigenvalue weighted by molar-refractivity contribution is 0.135. The summed E-state index contributed by atoms with van der Waals surface area (Å²) < 4.78 is 6.04. The van der Waals surface area contributed by atoms with Crippen LogP contribution in [0.5, 0.6) is 5.75 Å². The van der Waals surface area contributed by atoms with Gasteiger partial charge in [-0.1, -0.05) is 32.4 Å². The van der Waals surface area contributed by atoms with Crippen molar-refractivity contribution < 1.29 is 4.74 Å². The lowest BCUT2D eigenvalue weighted by atomic mass is 9.89. The maximum atomic E-state index is 6.04. The predicted octanol–water partition coefficient (Wildman–Crippen LogP) is 4.60. The van der Waals surface area contributed by atoms with Crippen LogP contribution >= 0.6 is 0 Å². The smallest absolute Gasteiger partial charge is 0.119 e. The summed E-state index contributed by atoms with van der Waals surface area (Å²) in [6.07, 6.45) is 7.90. The van der Waals surface area contributed by atoms with Crippen molar-refractivity contribution in [3.8, 4) is 5.75 Å². The van der Waals surface area contributed by atoms with Crippen LogP contribution in [0.1, 0.15) is 51.5 Å². The first kappa shape index (κ1) is 12.5. The predicted molar refractivity (Wildman–Crippen MR) is 72.5 cm³/mol. The van der Waals surface area contributed by atoms with E-state index in [1.165, 1.54) is 44.1 Å². The van der Waals surface area contributed by atoms with Gasteiger partial charge in [-0.05, 0) is 55.7 Å². The number of benzene rings is 1. The van der Waals surface area contributed by atoms with Gasteiger partial charge in [0.05, 0.1) is 6.10 Å². The standard InChI is InChI=1S/C16H24O/c1-3-4-14-7-11-16(12-8-14)17-15-9-5-13(2)6-10-15/h7-8,11-13,15H,3-6,9-10H2,1-2H3. The van der Waals surface area contributed by atoms with E-state index in [1.54, 1.807) is 0 Å². The van der Waals surface area contributed by atoms with E-state index < -0.39 is 0 Å². The third-order valence-electron chi connectivity index (χ3n) is 3.73. The Morgan fingerprint density at radius 1 is 1.06 bits per heavy atom. The van der Waals surface area contributed by atoms with Gasteiger partial charge in [-0.15, -0.1) is 0 Å². The Bertz CT molecular complexity index is 320. The second-order valence-corrected chi connectivity index (χ2v) is 5.39. The number of hydrogen-bond donors (Lipinski definition) is 0. The van der Waals surface area contributed by atoms with Crippen molar-refractivity contribution in [2.24, 2.45) is 5.92 Å². The molecule has 1 aromatic rings. The molecule has 0 atom stereocenters. The molecule has 0 spiro atoms. The highest BCUT2D eigenvalue weighted by atomic mass is 16.5. The summed E-state index contributed by atoms with van der Waals surface area (Å²) in [4.78, 5) is 0. The van der Waals surface area contributed by atoms with E-state index in [0.29, 0.717) is 6.10 Å². The van der Waals surface area contributed by atoms with Crippen LogP contribution in [0.4, 0.5) is 0 Å². The molecule has 1 aliphatic rings. The van der Waals surface area contributed by atoms with E-state index >= 15 is 0 Å². The summed E-state index contributed by atoms with van der Waals surface area (Å²) >= 11 is 0. The van der Waals surface area contributed by atoms with Crippen LogP contribution in [-0.4, -0.2) is 6.10 Å². The summed E-state index contributed by atoms with van der Waals surface area (Å²) in [6, 6.07) is 8.65. The molecule has 0 bridgehead atoms. The number of rotatable bonds is 4. The average Bonchev–Trinajstić information content (AvgIpc) is 2.35. The van der Waals surface area contributed by atoms with Crippen molar-refractivity contribution in [2.75, 3.05) is 0 Å². The minimum Gasteiger partial charge on any atom is -0.490 e. The van der Waals surface area contributed by atoms with Crippen LogP contribution < -0.4 is 4.74 Å². The first-order chi connectivity index (χ1) is 8.28. The van der Waals surface area contributed by atoms with E-state index in [2.05, 4.69) is 38.1 Å². The monoisotopic (exact) mass is 232 g/mol. The zero-order chi connectivity index (χ0) is 12.1. The molecule has 0 unspecified atom stereocenters. The highest BCUT2D eigenvalue weighted by Gasteiger charge is 2.19. The van der Waals surface area contributed by atoms with Gasteiger partial charge in [-0.2, -0.15) is 0 Å². The maximum absolute atomic E-state index is 6.04. The van der Waals surface area contributed by atoms with Crippen LogP contribution in [0, 0.1) is 5.92 Å². The van der Waals surface area contributed by atoms with Crippen LogP contribution in [0.3, 0.4) is 0 Å². The van der Waals surface area contributed by atoms with E-state index in [4.69, 9.17) is 4.74 Å². The minimum absolute atomic E-state index is 0.447. The molecule has 1 nitrogen and oxygen atoms in total. The molecule has 0 aromatic heterocycles. The van der Waals surface area contributed by atoms with E-state index in [-0.39, 0.29) is 0 Å². The SMILES string of the molecule is CCCc1ccc(OC2CCC(C)CC2)cc1. The van der Waals surface area contributed by atoms with Gasteiger partial charge in [-0.3, -0.25) is 0 Å². The summed E-state index contributed by atoms with van der Waals surface area (Å²) in [7, 11) is 0. The highest BCUT2D eigenvalue weighted by Crippen LogP contribution is 2.27. The van der Waals surface area contributed by atoms with Gasteiger partial charge in [0.15, 0.2) is 0 Å². The van der Waals surface area contributed by atoms with Gasteiger partial charge < -0.3 is 4.74 Å². The van der Waals surface area contributed by atoms with Gasteiger partial charge in [0.1, 0.15) is 5.75 Å². The van der Waals surface area contributed by atoms with Gasteiger partial charge in [-0.25, -0.2) is 0 Å². The van der Waals surface area contributed by atoms with E-state index in [0.717, 1.165) is 11.7 Å². The molecule has 1 fully saturated rings. The van der Waals surface area contributed by atoms with Crippen LogP contribution in [0.15, 0.2) is 24.3 Å². The van der Waals surface area contributed by atoms with Gasteiger partial charge in [0, 0.05) is 0 Å². The Labute approximate surface area is 105 Å². The normalized spacial score (nSPS) is 24.6. The molecule has 0 saturated heterocycles. The molecule has 0 N–H and O–H groups in total. The van der Waals surface area contributed by atoms with E-state index in [1.807, 2.05) is 0 Å². The fraction of sp³-hybridized carbons (Fsp3) is 0.625. The Hall–Kier alpha value is -0.980. The molecular formula is C16H24O. The van der Waals surface area contributed by atoms with Crippen LogP contribution in [0.25, 0.3) is 0 Å². The van der Waals surface area contributed by atoms with Crippen molar-refractivity contribution in [1.29, 1.82) is 0 Å². The van der Waals surface area contributed by atoms with Crippen molar-refractivity contribution in [2.45, 2.75) is 58.5 Å². The third-order valence-corrected chi connectivity index (χ3v) is 3.73. The topological polar surface area (TPSA) is 9.23 Å². The van der Waals surface area contributed by atoms with Gasteiger partial charge >= 0.3 is 0 Å². The molecule has 1 aliphatic carbocycles. The number of aryl methyl sites for hydroxylation is 1. The van der Waals surface area contributed by atoms with Crippen molar-refractivity contribution in [1.82, 2.24) is 0 Å². The van der Waals surface area contributed by atoms with Gasteiger partial charge in [0.25, 0.3) is 0 Å². The maximum Gasteiger partial charge on any atom is 0.119 e. The quantitative estimate of drug-likeness (QED) is 0.737. The molecular weight excluding hydrogens is 208 g/mol. The Morgan fingerprint density at radius 2 is 1.71 bits per heavy atom. The second-order valence-electron chi connectivity index (χ2n) is 5.39. The van der Waals surface area contributed by atoms with E-state index in [9.17, 15) is 0 Å². The lowest BCUT2D eigenvalue weighted by Gasteiger charge is -2.26. The fourth-order valence-electron chi connectivity index (χ4n) is 2.56. The van der Waals surface area contributed by atoms with Gasteiger partial charge in [0.2, 0.25) is 0 Å². The van der Waals surface area contributed by atoms with Crippen molar-refractivity contribution >= 4 is 0 Å². The Balaban J connectivity index is 1.86. The second kappa shape index (κ2) is 6.09. The summed E-state index contributed by atoms with van der Waals surface area (Å²) in [5, 5.41) is 0. The lowest BCUT2D eigenvalue weighted by Crippen LogP contribution is -2.22. The summed E-state index contributed by atoms with van der Waals surface area (Å²) in [6.45, 7) is 4.56. The molecule has 1 saturated carbocycles. The summed E-state index contributed by atoms with van der Waals surface area (Å²) in [5.74, 6) is 1.94. The van der Waals surface area contributed by atoms with Crippen molar-refractivity contribution in [3.05, 3.63) is 29.8 Å².